The zero-order valence-electron chi connectivity index (χ0n) is 12.1. The largest absolute Gasteiger partial charge is 0.372 e. The van der Waals surface area contributed by atoms with E-state index in [0.29, 0.717) is 24.0 Å². The van der Waals surface area contributed by atoms with E-state index >= 15 is 0 Å². The van der Waals surface area contributed by atoms with Crippen LogP contribution in [0.5, 0.6) is 0 Å². The summed E-state index contributed by atoms with van der Waals surface area (Å²) >= 11 is 5.98. The van der Waals surface area contributed by atoms with Gasteiger partial charge in [-0.25, -0.2) is 4.68 Å². The molecule has 5 nitrogen and oxygen atoms in total. The maximum atomic E-state index is 11.7. The first-order chi connectivity index (χ1) is 10.1. The molecule has 0 aliphatic heterocycles. The highest BCUT2D eigenvalue weighted by atomic mass is 35.5. The lowest BCUT2D eigenvalue weighted by Gasteiger charge is -2.09. The van der Waals surface area contributed by atoms with E-state index in [1.807, 2.05) is 44.2 Å². The molecule has 0 bridgehead atoms. The van der Waals surface area contributed by atoms with Crippen molar-refractivity contribution in [2.24, 2.45) is 0 Å². The number of amides is 1. The Kier molecular flexibility index (Phi) is 5.36. The average molecular weight is 308 g/mol. The summed E-state index contributed by atoms with van der Waals surface area (Å²) in [5.41, 5.74) is 1.86. The van der Waals surface area contributed by atoms with Crippen molar-refractivity contribution in [3.8, 4) is 0 Å². The summed E-state index contributed by atoms with van der Waals surface area (Å²) in [4.78, 5) is 11.7. The molecule has 2 aromatic rings. The molecule has 1 aromatic carbocycles. The SMILES string of the molecule is CCOCC(=O)Nc1cc(C)nn1Cc1cccc(Cl)c1. The Morgan fingerprint density at radius 2 is 2.24 bits per heavy atom. The van der Waals surface area contributed by atoms with Gasteiger partial charge in [0.2, 0.25) is 0 Å². The molecule has 0 atom stereocenters. The number of rotatable bonds is 6. The third-order valence-corrected chi connectivity index (χ3v) is 3.06. The first kappa shape index (κ1) is 15.5. The number of carbonyl (C=O) groups is 1. The van der Waals surface area contributed by atoms with E-state index in [1.165, 1.54) is 0 Å². The molecule has 2 rings (SSSR count). The number of carbonyl (C=O) groups excluding carboxylic acids is 1. The van der Waals surface area contributed by atoms with Crippen molar-refractivity contribution in [1.29, 1.82) is 0 Å². The standard InChI is InChI=1S/C15H18ClN3O2/c1-3-21-10-15(20)17-14-7-11(2)18-19(14)9-12-5-4-6-13(16)8-12/h4-8H,3,9-10H2,1-2H3,(H,17,20). The highest BCUT2D eigenvalue weighted by Crippen LogP contribution is 2.16. The molecule has 1 aromatic heterocycles. The summed E-state index contributed by atoms with van der Waals surface area (Å²) in [5, 5.41) is 7.87. The predicted molar refractivity (Wildman–Crippen MR) is 82.6 cm³/mol. The highest BCUT2D eigenvalue weighted by Gasteiger charge is 2.10. The summed E-state index contributed by atoms with van der Waals surface area (Å²) in [7, 11) is 0. The van der Waals surface area contributed by atoms with Crippen LogP contribution in [0.3, 0.4) is 0 Å². The average Bonchev–Trinajstić information content (AvgIpc) is 2.76. The Bertz CT molecular complexity index is 625. The van der Waals surface area contributed by atoms with Crippen LogP contribution in [0.1, 0.15) is 18.2 Å². The molecule has 0 saturated heterocycles. The van der Waals surface area contributed by atoms with Gasteiger partial charge in [-0.05, 0) is 31.5 Å². The van der Waals surface area contributed by atoms with Crippen LogP contribution in [0.25, 0.3) is 0 Å². The van der Waals surface area contributed by atoms with E-state index in [9.17, 15) is 4.79 Å². The van der Waals surface area contributed by atoms with Crippen molar-refractivity contribution < 1.29 is 9.53 Å². The molecule has 0 aliphatic rings. The Balaban J connectivity index is 2.11. The van der Waals surface area contributed by atoms with E-state index in [1.54, 1.807) is 4.68 Å². The Morgan fingerprint density at radius 1 is 1.43 bits per heavy atom. The second-order valence-corrected chi connectivity index (χ2v) is 5.08. The molecule has 1 amide bonds. The second-order valence-electron chi connectivity index (χ2n) is 4.64. The number of hydrogen-bond donors (Lipinski definition) is 1. The molecule has 0 spiro atoms. The van der Waals surface area contributed by atoms with Gasteiger partial charge in [-0.2, -0.15) is 5.10 Å². The van der Waals surface area contributed by atoms with E-state index in [2.05, 4.69) is 10.4 Å². The van der Waals surface area contributed by atoms with Gasteiger partial charge in [-0.15, -0.1) is 0 Å². The molecule has 0 saturated carbocycles. The van der Waals surface area contributed by atoms with E-state index in [0.717, 1.165) is 11.3 Å². The minimum Gasteiger partial charge on any atom is -0.372 e. The number of anilines is 1. The molecular formula is C15H18ClN3O2. The van der Waals surface area contributed by atoms with Crippen LogP contribution >= 0.6 is 11.6 Å². The Labute approximate surface area is 128 Å². The van der Waals surface area contributed by atoms with Crippen molar-refractivity contribution in [3.63, 3.8) is 0 Å². The van der Waals surface area contributed by atoms with Crippen molar-refractivity contribution in [1.82, 2.24) is 9.78 Å². The Morgan fingerprint density at radius 3 is 2.95 bits per heavy atom. The van der Waals surface area contributed by atoms with Crippen molar-refractivity contribution in [2.75, 3.05) is 18.5 Å². The van der Waals surface area contributed by atoms with Gasteiger partial charge < -0.3 is 10.1 Å². The van der Waals surface area contributed by atoms with Crippen LogP contribution in [-0.2, 0) is 16.1 Å². The van der Waals surface area contributed by atoms with Gasteiger partial charge in [0.1, 0.15) is 12.4 Å². The molecule has 0 radical (unpaired) electrons. The van der Waals surface area contributed by atoms with Crippen LogP contribution in [0.4, 0.5) is 5.82 Å². The maximum absolute atomic E-state index is 11.7. The first-order valence-corrected chi connectivity index (χ1v) is 7.12. The summed E-state index contributed by atoms with van der Waals surface area (Å²) < 4.78 is 6.83. The van der Waals surface area contributed by atoms with Gasteiger partial charge in [0.05, 0.1) is 12.2 Å². The lowest BCUT2D eigenvalue weighted by Crippen LogP contribution is -2.20. The fourth-order valence-electron chi connectivity index (χ4n) is 1.95. The van der Waals surface area contributed by atoms with E-state index in [4.69, 9.17) is 16.3 Å². The van der Waals surface area contributed by atoms with Crippen LogP contribution in [0, 0.1) is 6.92 Å². The van der Waals surface area contributed by atoms with Crippen molar-refractivity contribution in [3.05, 3.63) is 46.6 Å². The minimum absolute atomic E-state index is 0.0396. The van der Waals surface area contributed by atoms with Gasteiger partial charge in [0.25, 0.3) is 5.91 Å². The Hall–Kier alpha value is -1.85. The van der Waals surface area contributed by atoms with Crippen LogP contribution < -0.4 is 5.32 Å². The predicted octanol–water partition coefficient (Wildman–Crippen LogP) is 2.87. The summed E-state index contributed by atoms with van der Waals surface area (Å²) in [6.45, 7) is 4.82. The number of hydrogen-bond acceptors (Lipinski definition) is 3. The van der Waals surface area contributed by atoms with Gasteiger partial charge in [0, 0.05) is 17.7 Å². The molecule has 112 valence electrons. The quantitative estimate of drug-likeness (QED) is 0.893. The topological polar surface area (TPSA) is 56.1 Å². The van der Waals surface area contributed by atoms with Crippen LogP contribution in [0.2, 0.25) is 5.02 Å². The third kappa shape index (κ3) is 4.58. The van der Waals surface area contributed by atoms with Crippen LogP contribution in [-0.4, -0.2) is 28.9 Å². The monoisotopic (exact) mass is 307 g/mol. The minimum atomic E-state index is -0.191. The van der Waals surface area contributed by atoms with E-state index < -0.39 is 0 Å². The third-order valence-electron chi connectivity index (χ3n) is 2.83. The van der Waals surface area contributed by atoms with E-state index in [-0.39, 0.29) is 12.5 Å². The lowest BCUT2D eigenvalue weighted by molar-refractivity contribution is -0.120. The lowest BCUT2D eigenvalue weighted by atomic mass is 10.2. The molecule has 6 heteroatoms. The van der Waals surface area contributed by atoms with Crippen molar-refractivity contribution in [2.45, 2.75) is 20.4 Å². The highest BCUT2D eigenvalue weighted by molar-refractivity contribution is 6.30. The number of aryl methyl sites for hydroxylation is 1. The fourth-order valence-corrected chi connectivity index (χ4v) is 2.16. The first-order valence-electron chi connectivity index (χ1n) is 6.75. The second kappa shape index (κ2) is 7.24. The summed E-state index contributed by atoms with van der Waals surface area (Å²) in [6.07, 6.45) is 0. The zero-order chi connectivity index (χ0) is 15.2. The fraction of sp³-hybridized carbons (Fsp3) is 0.333. The summed E-state index contributed by atoms with van der Waals surface area (Å²) in [5.74, 6) is 0.460. The number of nitrogens with zero attached hydrogens (tertiary/aromatic N) is 2. The molecule has 1 N–H and O–H groups in total. The normalized spacial score (nSPS) is 10.6. The molecule has 0 fully saturated rings. The van der Waals surface area contributed by atoms with Gasteiger partial charge >= 0.3 is 0 Å². The maximum Gasteiger partial charge on any atom is 0.251 e. The number of nitrogens with one attached hydrogen (secondary N) is 1. The van der Waals surface area contributed by atoms with Crippen LogP contribution in [0.15, 0.2) is 30.3 Å². The molecule has 0 aliphatic carbocycles. The number of halogens is 1. The van der Waals surface area contributed by atoms with Gasteiger partial charge in [-0.3, -0.25) is 4.79 Å². The summed E-state index contributed by atoms with van der Waals surface area (Å²) in [6, 6.07) is 9.39. The molecule has 1 heterocycles. The number of benzene rings is 1. The molecule has 21 heavy (non-hydrogen) atoms. The zero-order valence-corrected chi connectivity index (χ0v) is 12.9. The number of aromatic nitrogens is 2. The van der Waals surface area contributed by atoms with Crippen molar-refractivity contribution >= 4 is 23.3 Å². The van der Waals surface area contributed by atoms with Gasteiger partial charge in [-0.1, -0.05) is 23.7 Å². The smallest absolute Gasteiger partial charge is 0.251 e. The van der Waals surface area contributed by atoms with Gasteiger partial charge in [0.15, 0.2) is 0 Å². The number of ether oxygens (including phenoxy) is 1. The molecular weight excluding hydrogens is 290 g/mol. The molecule has 0 unspecified atom stereocenters.